The first kappa shape index (κ1) is 38.2. The molecule has 296 valence electrons. The third-order valence-corrected chi connectivity index (χ3v) is 15.4. The van der Waals surface area contributed by atoms with Crippen molar-refractivity contribution in [1.82, 2.24) is 0 Å². The lowest BCUT2D eigenvalue weighted by molar-refractivity contribution is 0.332. The molecule has 1 atom stereocenters. The Bertz CT molecular complexity index is 2780. The standard InChI is InChI=1S/C55H57BN2S/c1-11-35(3)36-21-24-39(25-22-36)57-47-29-34(2)30-48-50(47)56(52-51(57)41-32-42-43(33-49(41)59-52)55(9,10)28-27-54(42,7)8)44-31-38(53(4,5)6)23-26-46(44)58(48)45-20-16-15-19-40(45)37-17-13-12-14-18-37/h12-26,29-33,35H,11,27-28H2,1-10H3. The van der Waals surface area contributed by atoms with Crippen molar-refractivity contribution in [2.75, 3.05) is 9.80 Å². The van der Waals surface area contributed by atoms with Gasteiger partial charge in [-0.3, -0.25) is 0 Å². The summed E-state index contributed by atoms with van der Waals surface area (Å²) in [7, 11) is 0. The van der Waals surface area contributed by atoms with E-state index in [0.29, 0.717) is 5.92 Å². The molecule has 4 heteroatoms. The second-order valence-electron chi connectivity index (χ2n) is 20.1. The summed E-state index contributed by atoms with van der Waals surface area (Å²) >= 11 is 2.04. The van der Waals surface area contributed by atoms with Crippen molar-refractivity contribution >= 4 is 78.0 Å². The Morgan fingerprint density at radius 2 is 1.34 bits per heavy atom. The van der Waals surface area contributed by atoms with Crippen molar-refractivity contribution in [3.8, 4) is 11.1 Å². The smallest absolute Gasteiger partial charge is 0.264 e. The van der Waals surface area contributed by atoms with Crippen LogP contribution in [0.5, 0.6) is 0 Å². The molecule has 7 aromatic rings. The number of rotatable bonds is 5. The van der Waals surface area contributed by atoms with Gasteiger partial charge in [0, 0.05) is 43.2 Å². The topological polar surface area (TPSA) is 6.48 Å². The fourth-order valence-electron chi connectivity index (χ4n) is 10.4. The quantitative estimate of drug-likeness (QED) is 0.160. The molecule has 0 saturated heterocycles. The monoisotopic (exact) mass is 788 g/mol. The first-order valence-corrected chi connectivity index (χ1v) is 22.7. The van der Waals surface area contributed by atoms with Crippen LogP contribution in [-0.4, -0.2) is 6.71 Å². The Labute approximate surface area is 357 Å². The number of para-hydroxylation sites is 1. The van der Waals surface area contributed by atoms with Gasteiger partial charge in [0.05, 0.1) is 11.4 Å². The normalized spacial score (nSPS) is 16.7. The fraction of sp³-hybridized carbons (Fsp3) is 0.309. The maximum absolute atomic E-state index is 2.66. The van der Waals surface area contributed by atoms with Crippen LogP contribution in [0.25, 0.3) is 21.2 Å². The van der Waals surface area contributed by atoms with E-state index in [-0.39, 0.29) is 23.0 Å². The molecular formula is C55H57BN2S. The molecule has 59 heavy (non-hydrogen) atoms. The molecule has 0 saturated carbocycles. The Morgan fingerprint density at radius 3 is 2.02 bits per heavy atom. The van der Waals surface area contributed by atoms with E-state index in [1.807, 2.05) is 11.3 Å². The summed E-state index contributed by atoms with van der Waals surface area (Å²) in [6.07, 6.45) is 3.53. The Hall–Kier alpha value is -5.06. The number of hydrogen-bond donors (Lipinski definition) is 0. The lowest BCUT2D eigenvalue weighted by atomic mass is 9.36. The van der Waals surface area contributed by atoms with Crippen LogP contribution in [0.1, 0.15) is 115 Å². The van der Waals surface area contributed by atoms with Gasteiger partial charge in [-0.1, -0.05) is 135 Å². The fourth-order valence-corrected chi connectivity index (χ4v) is 11.7. The molecule has 0 radical (unpaired) electrons. The molecule has 3 aliphatic rings. The number of anilines is 6. The zero-order chi connectivity index (χ0) is 41.2. The van der Waals surface area contributed by atoms with E-state index >= 15 is 0 Å². The van der Waals surface area contributed by atoms with Crippen molar-refractivity contribution in [3.05, 3.63) is 149 Å². The third-order valence-electron chi connectivity index (χ3n) is 14.2. The van der Waals surface area contributed by atoms with Gasteiger partial charge in [0.15, 0.2) is 0 Å². The largest absolute Gasteiger partial charge is 0.311 e. The summed E-state index contributed by atoms with van der Waals surface area (Å²) < 4.78 is 2.85. The second-order valence-corrected chi connectivity index (χ2v) is 21.2. The number of benzene rings is 6. The van der Waals surface area contributed by atoms with Gasteiger partial charge in [0.2, 0.25) is 0 Å². The predicted octanol–water partition coefficient (Wildman–Crippen LogP) is 14.1. The molecule has 0 N–H and O–H groups in total. The van der Waals surface area contributed by atoms with E-state index in [1.54, 1.807) is 0 Å². The second kappa shape index (κ2) is 13.5. The van der Waals surface area contributed by atoms with Crippen LogP contribution in [0, 0.1) is 6.92 Å². The summed E-state index contributed by atoms with van der Waals surface area (Å²) in [5.41, 5.74) is 20.2. The summed E-state index contributed by atoms with van der Waals surface area (Å²) in [5.74, 6) is 0.517. The molecule has 3 heterocycles. The Balaban J connectivity index is 1.33. The molecule has 0 fully saturated rings. The number of thiophene rings is 1. The summed E-state index contributed by atoms with van der Waals surface area (Å²) in [6, 6.07) is 47.0. The highest BCUT2D eigenvalue weighted by molar-refractivity contribution is 7.33. The molecule has 10 rings (SSSR count). The zero-order valence-corrected chi connectivity index (χ0v) is 37.4. The minimum Gasteiger partial charge on any atom is -0.311 e. The molecule has 0 spiro atoms. The summed E-state index contributed by atoms with van der Waals surface area (Å²) in [4.78, 5) is 5.25. The molecule has 2 nitrogen and oxygen atoms in total. The number of aryl methyl sites for hydroxylation is 1. The highest BCUT2D eigenvalue weighted by atomic mass is 32.1. The molecule has 1 aromatic heterocycles. The molecule has 1 aliphatic carbocycles. The van der Waals surface area contributed by atoms with E-state index in [1.165, 1.54) is 112 Å². The van der Waals surface area contributed by atoms with Crippen LogP contribution < -0.4 is 25.5 Å². The average Bonchev–Trinajstić information content (AvgIpc) is 3.60. The lowest BCUT2D eigenvalue weighted by Gasteiger charge is -2.44. The highest BCUT2D eigenvalue weighted by Crippen LogP contribution is 2.53. The molecule has 0 amide bonds. The van der Waals surface area contributed by atoms with Gasteiger partial charge >= 0.3 is 0 Å². The first-order chi connectivity index (χ1) is 28.2. The van der Waals surface area contributed by atoms with Crippen LogP contribution in [0.4, 0.5) is 34.1 Å². The molecule has 0 bridgehead atoms. The molecular weight excluding hydrogens is 731 g/mol. The van der Waals surface area contributed by atoms with Crippen molar-refractivity contribution in [3.63, 3.8) is 0 Å². The van der Waals surface area contributed by atoms with Gasteiger partial charge in [-0.15, -0.1) is 11.3 Å². The van der Waals surface area contributed by atoms with E-state index in [2.05, 4.69) is 200 Å². The minimum absolute atomic E-state index is 0.00449. The van der Waals surface area contributed by atoms with Gasteiger partial charge in [0.1, 0.15) is 0 Å². The average molecular weight is 789 g/mol. The van der Waals surface area contributed by atoms with Gasteiger partial charge in [-0.25, -0.2) is 0 Å². The van der Waals surface area contributed by atoms with E-state index < -0.39 is 0 Å². The SMILES string of the molecule is CCC(C)c1ccc(N2c3cc(C)cc4c3B(c3cc(C(C)(C)C)ccc3N4c3ccccc3-c3ccccc3)c3sc4cc5c(cc4c32)C(C)(C)CCC5(C)C)cc1. The molecule has 1 unspecified atom stereocenters. The van der Waals surface area contributed by atoms with Crippen molar-refractivity contribution < 1.29 is 0 Å². The van der Waals surface area contributed by atoms with E-state index in [0.717, 1.165) is 6.42 Å². The molecule has 6 aromatic carbocycles. The van der Waals surface area contributed by atoms with Crippen LogP contribution in [-0.2, 0) is 16.2 Å². The lowest BCUT2D eigenvalue weighted by Crippen LogP contribution is -2.60. The Morgan fingerprint density at radius 1 is 0.695 bits per heavy atom. The zero-order valence-electron chi connectivity index (χ0n) is 36.6. The van der Waals surface area contributed by atoms with Gasteiger partial charge in [-0.05, 0) is 141 Å². The van der Waals surface area contributed by atoms with E-state index in [4.69, 9.17) is 0 Å². The van der Waals surface area contributed by atoms with E-state index in [9.17, 15) is 0 Å². The van der Waals surface area contributed by atoms with Crippen LogP contribution in [0.3, 0.4) is 0 Å². The van der Waals surface area contributed by atoms with Crippen LogP contribution in [0.15, 0.2) is 121 Å². The number of fused-ring (bicyclic) bond motifs is 7. The van der Waals surface area contributed by atoms with Gasteiger partial charge in [-0.2, -0.15) is 0 Å². The number of nitrogens with zero attached hydrogens (tertiary/aromatic N) is 2. The summed E-state index contributed by atoms with van der Waals surface area (Å²) in [6.45, 7) is 23.9. The van der Waals surface area contributed by atoms with Gasteiger partial charge in [0.25, 0.3) is 6.71 Å². The molecule has 2 aliphatic heterocycles. The summed E-state index contributed by atoms with van der Waals surface area (Å²) in [5, 5.41) is 1.39. The van der Waals surface area contributed by atoms with Crippen molar-refractivity contribution in [2.24, 2.45) is 0 Å². The number of hydrogen-bond acceptors (Lipinski definition) is 3. The maximum atomic E-state index is 2.66. The minimum atomic E-state index is -0.00449. The highest BCUT2D eigenvalue weighted by Gasteiger charge is 2.47. The third kappa shape index (κ3) is 5.95. The van der Waals surface area contributed by atoms with Gasteiger partial charge < -0.3 is 9.80 Å². The van der Waals surface area contributed by atoms with Crippen LogP contribution in [0.2, 0.25) is 0 Å². The van der Waals surface area contributed by atoms with Crippen molar-refractivity contribution in [2.45, 2.75) is 111 Å². The first-order valence-electron chi connectivity index (χ1n) is 21.9. The Kier molecular flexibility index (Phi) is 8.72. The maximum Gasteiger partial charge on any atom is 0.264 e. The predicted molar refractivity (Wildman–Crippen MR) is 259 cm³/mol. The van der Waals surface area contributed by atoms with Crippen LogP contribution >= 0.6 is 11.3 Å². The van der Waals surface area contributed by atoms with Crippen molar-refractivity contribution in [1.29, 1.82) is 0 Å².